The van der Waals surface area contributed by atoms with Crippen molar-refractivity contribution < 1.29 is 18.0 Å². The summed E-state index contributed by atoms with van der Waals surface area (Å²) in [5, 5.41) is 2.61. The van der Waals surface area contributed by atoms with Gasteiger partial charge < -0.3 is 10.3 Å². The lowest BCUT2D eigenvalue weighted by molar-refractivity contribution is -0.117. The van der Waals surface area contributed by atoms with Crippen LogP contribution in [0.25, 0.3) is 0 Å². The molecule has 0 saturated heterocycles. The van der Waals surface area contributed by atoms with Crippen LogP contribution < -0.4 is 10.0 Å². The second-order valence-electron chi connectivity index (χ2n) is 4.22. The van der Waals surface area contributed by atoms with Gasteiger partial charge >= 0.3 is 0 Å². The van der Waals surface area contributed by atoms with E-state index in [2.05, 4.69) is 10.3 Å². The first-order chi connectivity index (χ1) is 9.88. The van der Waals surface area contributed by atoms with Gasteiger partial charge in [0.25, 0.3) is 15.9 Å². The molecule has 1 aromatic carbocycles. The molecule has 3 N–H and O–H groups in total. The molecule has 1 aromatic heterocycles. The molecule has 0 spiro atoms. The second kappa shape index (κ2) is 5.80. The van der Waals surface area contributed by atoms with Crippen molar-refractivity contribution in [3.05, 3.63) is 48.3 Å². The molecule has 7 nitrogen and oxygen atoms in total. The summed E-state index contributed by atoms with van der Waals surface area (Å²) >= 11 is 0. The molecule has 0 atom stereocenters. The number of aromatic nitrogens is 1. The van der Waals surface area contributed by atoms with Crippen molar-refractivity contribution in [2.24, 2.45) is 0 Å². The fourth-order valence-electron chi connectivity index (χ4n) is 1.64. The first kappa shape index (κ1) is 14.8. The lowest BCUT2D eigenvalue weighted by atomic mass is 10.3. The average Bonchev–Trinajstić information content (AvgIpc) is 2.91. The van der Waals surface area contributed by atoms with Crippen LogP contribution >= 0.6 is 0 Å². The highest BCUT2D eigenvalue weighted by Crippen LogP contribution is 2.14. The highest BCUT2D eigenvalue weighted by Gasteiger charge is 2.15. The highest BCUT2D eigenvalue weighted by molar-refractivity contribution is 7.90. The number of aromatic amines is 1. The standard InChI is InChI=1S/C13H13N3O4S/c1-9(17)16-21(19,20)11-6-4-10(5-7-11)15-13(18)12-3-2-8-14-12/h2-8,14H,1H3,(H,15,18)(H,16,17). The van der Waals surface area contributed by atoms with Crippen molar-refractivity contribution in [1.82, 2.24) is 9.71 Å². The Kier molecular flexibility index (Phi) is 4.08. The van der Waals surface area contributed by atoms with Crippen LogP contribution in [0.4, 0.5) is 5.69 Å². The summed E-state index contributed by atoms with van der Waals surface area (Å²) in [6.45, 7) is 1.11. The van der Waals surface area contributed by atoms with Crippen LogP contribution in [0.3, 0.4) is 0 Å². The quantitative estimate of drug-likeness (QED) is 0.785. The molecular formula is C13H13N3O4S. The maximum Gasteiger partial charge on any atom is 0.272 e. The van der Waals surface area contributed by atoms with E-state index in [4.69, 9.17) is 0 Å². The van der Waals surface area contributed by atoms with Crippen LogP contribution in [0.2, 0.25) is 0 Å². The average molecular weight is 307 g/mol. The predicted octanol–water partition coefficient (Wildman–Crippen LogP) is 1.09. The molecule has 0 aliphatic carbocycles. The van der Waals surface area contributed by atoms with Crippen LogP contribution in [0.1, 0.15) is 17.4 Å². The van der Waals surface area contributed by atoms with E-state index in [0.29, 0.717) is 11.4 Å². The smallest absolute Gasteiger partial charge is 0.272 e. The van der Waals surface area contributed by atoms with Gasteiger partial charge in [-0.25, -0.2) is 13.1 Å². The molecule has 2 rings (SSSR count). The maximum absolute atomic E-state index is 11.8. The summed E-state index contributed by atoms with van der Waals surface area (Å²) < 4.78 is 25.3. The van der Waals surface area contributed by atoms with Gasteiger partial charge in [0.05, 0.1) is 4.90 Å². The highest BCUT2D eigenvalue weighted by atomic mass is 32.2. The second-order valence-corrected chi connectivity index (χ2v) is 5.91. The zero-order chi connectivity index (χ0) is 15.5. The van der Waals surface area contributed by atoms with E-state index < -0.39 is 15.9 Å². The van der Waals surface area contributed by atoms with Gasteiger partial charge in [-0.1, -0.05) is 0 Å². The van der Waals surface area contributed by atoms with Crippen LogP contribution in [-0.4, -0.2) is 25.2 Å². The monoisotopic (exact) mass is 307 g/mol. The minimum Gasteiger partial charge on any atom is -0.357 e. The van der Waals surface area contributed by atoms with E-state index in [1.54, 1.807) is 18.3 Å². The van der Waals surface area contributed by atoms with Crippen molar-refractivity contribution in [2.45, 2.75) is 11.8 Å². The third-order valence-electron chi connectivity index (χ3n) is 2.54. The molecule has 2 amide bonds. The Morgan fingerprint density at radius 3 is 2.29 bits per heavy atom. The Balaban J connectivity index is 2.12. The van der Waals surface area contributed by atoms with E-state index in [9.17, 15) is 18.0 Å². The minimum absolute atomic E-state index is 0.0597. The summed E-state index contributed by atoms with van der Waals surface area (Å²) in [4.78, 5) is 25.3. The Labute approximate surface area is 121 Å². The molecular weight excluding hydrogens is 294 g/mol. The van der Waals surface area contributed by atoms with E-state index >= 15 is 0 Å². The number of benzene rings is 1. The molecule has 2 aromatic rings. The summed E-state index contributed by atoms with van der Waals surface area (Å²) in [5.74, 6) is -1.00. The van der Waals surface area contributed by atoms with Gasteiger partial charge in [0.2, 0.25) is 5.91 Å². The third kappa shape index (κ3) is 3.69. The molecule has 0 aliphatic heterocycles. The fraction of sp³-hybridized carbons (Fsp3) is 0.0769. The van der Waals surface area contributed by atoms with E-state index in [-0.39, 0.29) is 10.8 Å². The molecule has 0 saturated carbocycles. The topological polar surface area (TPSA) is 108 Å². The number of nitrogens with one attached hydrogen (secondary N) is 3. The van der Waals surface area contributed by atoms with E-state index in [1.165, 1.54) is 24.3 Å². The number of carbonyl (C=O) groups is 2. The zero-order valence-electron chi connectivity index (χ0n) is 11.1. The van der Waals surface area contributed by atoms with Crippen LogP contribution in [0, 0.1) is 0 Å². The molecule has 0 radical (unpaired) electrons. The third-order valence-corrected chi connectivity index (χ3v) is 3.99. The first-order valence-corrected chi connectivity index (χ1v) is 7.45. The number of hydrogen-bond donors (Lipinski definition) is 3. The molecule has 1 heterocycles. The molecule has 0 unspecified atom stereocenters. The van der Waals surface area contributed by atoms with Gasteiger partial charge in [-0.05, 0) is 36.4 Å². The molecule has 0 aliphatic rings. The van der Waals surface area contributed by atoms with Gasteiger partial charge in [-0.2, -0.15) is 0 Å². The number of anilines is 1. The largest absolute Gasteiger partial charge is 0.357 e. The molecule has 0 bridgehead atoms. The van der Waals surface area contributed by atoms with Gasteiger partial charge in [-0.15, -0.1) is 0 Å². The SMILES string of the molecule is CC(=O)NS(=O)(=O)c1ccc(NC(=O)c2ccc[nH]2)cc1. The minimum atomic E-state index is -3.87. The van der Waals surface area contributed by atoms with Gasteiger partial charge in [0.15, 0.2) is 0 Å². The lowest BCUT2D eigenvalue weighted by Crippen LogP contribution is -2.28. The van der Waals surface area contributed by atoms with Crippen molar-refractivity contribution in [1.29, 1.82) is 0 Å². The van der Waals surface area contributed by atoms with Crippen molar-refractivity contribution in [3.8, 4) is 0 Å². The number of carbonyl (C=O) groups excluding carboxylic acids is 2. The van der Waals surface area contributed by atoms with Crippen molar-refractivity contribution in [2.75, 3.05) is 5.32 Å². The summed E-state index contributed by atoms with van der Waals surface area (Å²) in [6.07, 6.45) is 1.62. The number of hydrogen-bond acceptors (Lipinski definition) is 4. The molecule has 21 heavy (non-hydrogen) atoms. The Morgan fingerprint density at radius 2 is 1.76 bits per heavy atom. The maximum atomic E-state index is 11.8. The van der Waals surface area contributed by atoms with Gasteiger partial charge in [-0.3, -0.25) is 9.59 Å². The number of sulfonamides is 1. The molecule has 0 fully saturated rings. The van der Waals surface area contributed by atoms with E-state index in [1.807, 2.05) is 4.72 Å². The van der Waals surface area contributed by atoms with Crippen molar-refractivity contribution in [3.63, 3.8) is 0 Å². The van der Waals surface area contributed by atoms with Crippen molar-refractivity contribution >= 4 is 27.5 Å². The predicted molar refractivity (Wildman–Crippen MR) is 76.2 cm³/mol. The molecule has 110 valence electrons. The number of H-pyrrole nitrogens is 1. The zero-order valence-corrected chi connectivity index (χ0v) is 11.9. The van der Waals surface area contributed by atoms with Gasteiger partial charge in [0.1, 0.15) is 5.69 Å². The number of rotatable bonds is 4. The van der Waals surface area contributed by atoms with Crippen LogP contribution in [0.5, 0.6) is 0 Å². The summed E-state index contributed by atoms with van der Waals surface area (Å²) in [5.41, 5.74) is 0.835. The Hall–Kier alpha value is -2.61. The number of amides is 2. The van der Waals surface area contributed by atoms with Gasteiger partial charge in [0, 0.05) is 18.8 Å². The first-order valence-electron chi connectivity index (χ1n) is 5.97. The van der Waals surface area contributed by atoms with Crippen LogP contribution in [-0.2, 0) is 14.8 Å². The Bertz CT molecular complexity index is 749. The normalized spacial score (nSPS) is 10.9. The summed E-state index contributed by atoms with van der Waals surface area (Å²) in [7, 11) is -3.87. The van der Waals surface area contributed by atoms with E-state index in [0.717, 1.165) is 6.92 Å². The van der Waals surface area contributed by atoms with Crippen LogP contribution in [0.15, 0.2) is 47.5 Å². The molecule has 8 heteroatoms. The summed E-state index contributed by atoms with van der Waals surface area (Å²) in [6, 6.07) is 8.79. The fourth-order valence-corrected chi connectivity index (χ4v) is 2.63. The lowest BCUT2D eigenvalue weighted by Gasteiger charge is -2.07. The Morgan fingerprint density at radius 1 is 1.10 bits per heavy atom.